The van der Waals surface area contributed by atoms with E-state index in [4.69, 9.17) is 21.1 Å². The fourth-order valence-corrected chi connectivity index (χ4v) is 3.32. The zero-order valence-electron chi connectivity index (χ0n) is 16.3. The number of esters is 1. The van der Waals surface area contributed by atoms with Gasteiger partial charge in [0.05, 0.1) is 18.2 Å². The molecule has 0 fully saturated rings. The van der Waals surface area contributed by atoms with Crippen LogP contribution < -0.4 is 15.4 Å². The number of hydrogen-bond donors (Lipinski definition) is 2. The van der Waals surface area contributed by atoms with Gasteiger partial charge in [0.1, 0.15) is 12.4 Å². The maximum Gasteiger partial charge on any atom is 0.338 e. The average Bonchev–Trinajstić information content (AvgIpc) is 2.73. The summed E-state index contributed by atoms with van der Waals surface area (Å²) in [5, 5.41) is 6.16. The number of benzene rings is 2. The third-order valence-corrected chi connectivity index (χ3v) is 4.94. The molecule has 2 amide bonds. The summed E-state index contributed by atoms with van der Waals surface area (Å²) in [6.07, 6.45) is 0.511. The van der Waals surface area contributed by atoms with E-state index >= 15 is 0 Å². The first-order chi connectivity index (χ1) is 14.0. The van der Waals surface area contributed by atoms with Crippen LogP contribution in [0.4, 0.5) is 4.79 Å². The van der Waals surface area contributed by atoms with Gasteiger partial charge >= 0.3 is 12.0 Å². The van der Waals surface area contributed by atoms with Crippen LogP contribution in [0.5, 0.6) is 5.75 Å². The lowest BCUT2D eigenvalue weighted by molar-refractivity contribution is -0.139. The highest BCUT2D eigenvalue weighted by Gasteiger charge is 2.32. The third kappa shape index (κ3) is 4.90. The summed E-state index contributed by atoms with van der Waals surface area (Å²) in [4.78, 5) is 24.6. The predicted octanol–water partition coefficient (Wildman–Crippen LogP) is 4.50. The zero-order valence-corrected chi connectivity index (χ0v) is 17.1. The van der Waals surface area contributed by atoms with Gasteiger partial charge in [-0.2, -0.15) is 0 Å². The van der Waals surface area contributed by atoms with E-state index in [1.54, 1.807) is 19.1 Å². The van der Waals surface area contributed by atoms with Crippen LogP contribution in [0.25, 0.3) is 0 Å². The molecule has 2 aromatic carbocycles. The number of amides is 2. The van der Waals surface area contributed by atoms with Gasteiger partial charge in [0.2, 0.25) is 0 Å². The molecule has 0 saturated carbocycles. The van der Waals surface area contributed by atoms with Crippen LogP contribution in [0.2, 0.25) is 5.02 Å². The summed E-state index contributed by atoms with van der Waals surface area (Å²) in [5.74, 6) is 0.215. The molecule has 6 nitrogen and oxygen atoms in total. The molecule has 7 heteroatoms. The highest BCUT2D eigenvalue weighted by atomic mass is 35.5. The minimum Gasteiger partial charge on any atom is -0.489 e. The molecule has 0 radical (unpaired) electrons. The summed E-state index contributed by atoms with van der Waals surface area (Å²) in [6, 6.07) is 13.8. The van der Waals surface area contributed by atoms with E-state index in [2.05, 4.69) is 10.6 Å². The van der Waals surface area contributed by atoms with Crippen LogP contribution in [0, 0.1) is 0 Å². The summed E-state index contributed by atoms with van der Waals surface area (Å²) in [5.41, 5.74) is 2.64. The van der Waals surface area contributed by atoms with Crippen LogP contribution in [0.1, 0.15) is 37.4 Å². The van der Waals surface area contributed by atoms with Crippen LogP contribution in [0.3, 0.4) is 0 Å². The molecule has 1 aliphatic rings. The van der Waals surface area contributed by atoms with Crippen LogP contribution in [-0.2, 0) is 16.1 Å². The minimum atomic E-state index is -0.588. The van der Waals surface area contributed by atoms with Crippen molar-refractivity contribution in [3.05, 3.63) is 76.0 Å². The Hall–Kier alpha value is -2.99. The van der Waals surface area contributed by atoms with Gasteiger partial charge in [-0.1, -0.05) is 48.9 Å². The molecule has 1 unspecified atom stereocenters. The lowest BCUT2D eigenvalue weighted by Crippen LogP contribution is -2.45. The molecular weight excluding hydrogens is 392 g/mol. The Morgan fingerprint density at radius 3 is 2.48 bits per heavy atom. The summed E-state index contributed by atoms with van der Waals surface area (Å²) < 4.78 is 11.0. The maximum absolute atomic E-state index is 12.5. The van der Waals surface area contributed by atoms with Gasteiger partial charge in [0.25, 0.3) is 0 Å². The van der Waals surface area contributed by atoms with E-state index in [1.165, 1.54) is 0 Å². The third-order valence-electron chi connectivity index (χ3n) is 4.57. The number of rotatable bonds is 7. The fourth-order valence-electron chi connectivity index (χ4n) is 3.13. The molecule has 0 spiro atoms. The Morgan fingerprint density at radius 1 is 1.10 bits per heavy atom. The summed E-state index contributed by atoms with van der Waals surface area (Å²) >= 11 is 6.15. The standard InChI is InChI=1S/C22H23ClN2O4/c1-3-18-19(21(26)28-4-2)20(25-22(27)24-18)14-9-11-16(12-10-14)29-13-15-7-5-6-8-17(15)23/h5-12,20H,3-4,13H2,1-2H3,(H2,24,25,27). The normalized spacial score (nSPS) is 16.1. The number of urea groups is 1. The number of allylic oxidation sites excluding steroid dienone is 1. The van der Waals surface area contributed by atoms with E-state index in [0.717, 1.165) is 11.1 Å². The van der Waals surface area contributed by atoms with Gasteiger partial charge in [-0.25, -0.2) is 9.59 Å². The highest BCUT2D eigenvalue weighted by molar-refractivity contribution is 6.31. The van der Waals surface area contributed by atoms with Gasteiger partial charge in [0, 0.05) is 16.3 Å². The number of ether oxygens (including phenoxy) is 2. The number of carbonyl (C=O) groups excluding carboxylic acids is 2. The van der Waals surface area contributed by atoms with Gasteiger partial charge in [-0.15, -0.1) is 0 Å². The SMILES string of the molecule is CCOC(=O)C1=C(CC)NC(=O)NC1c1ccc(OCc2ccccc2Cl)cc1. The molecule has 29 heavy (non-hydrogen) atoms. The quantitative estimate of drug-likeness (QED) is 0.654. The van der Waals surface area contributed by atoms with Gasteiger partial charge < -0.3 is 20.1 Å². The van der Waals surface area contributed by atoms with E-state index in [-0.39, 0.29) is 12.6 Å². The zero-order chi connectivity index (χ0) is 20.8. The van der Waals surface area contributed by atoms with Crippen molar-refractivity contribution in [1.82, 2.24) is 10.6 Å². The van der Waals surface area contributed by atoms with Crippen LogP contribution in [0.15, 0.2) is 59.8 Å². The molecule has 0 saturated heterocycles. The summed E-state index contributed by atoms with van der Waals surface area (Å²) in [6.45, 7) is 4.23. The lowest BCUT2D eigenvalue weighted by atomic mass is 9.94. The molecule has 2 N–H and O–H groups in total. The van der Waals surface area contributed by atoms with E-state index < -0.39 is 12.0 Å². The highest BCUT2D eigenvalue weighted by Crippen LogP contribution is 2.30. The Morgan fingerprint density at radius 2 is 1.83 bits per heavy atom. The van der Waals surface area contributed by atoms with E-state index in [9.17, 15) is 9.59 Å². The van der Waals surface area contributed by atoms with Crippen molar-refractivity contribution < 1.29 is 19.1 Å². The maximum atomic E-state index is 12.5. The van der Waals surface area contributed by atoms with E-state index in [1.807, 2.05) is 43.3 Å². The molecule has 0 aromatic heterocycles. The monoisotopic (exact) mass is 414 g/mol. The molecule has 0 bridgehead atoms. The van der Waals surface area contributed by atoms with Crippen LogP contribution in [-0.4, -0.2) is 18.6 Å². The van der Waals surface area contributed by atoms with Crippen molar-refractivity contribution in [2.45, 2.75) is 32.9 Å². The van der Waals surface area contributed by atoms with Crippen molar-refractivity contribution in [3.8, 4) is 5.75 Å². The lowest BCUT2D eigenvalue weighted by Gasteiger charge is -2.29. The van der Waals surface area contributed by atoms with Gasteiger partial charge in [-0.05, 0) is 37.1 Å². The molecule has 152 valence electrons. The second kappa shape index (κ2) is 9.47. The number of hydrogen-bond acceptors (Lipinski definition) is 4. The van der Waals surface area contributed by atoms with Gasteiger partial charge in [0.15, 0.2) is 0 Å². The molecule has 1 atom stereocenters. The number of nitrogens with one attached hydrogen (secondary N) is 2. The Kier molecular flexibility index (Phi) is 6.77. The molecular formula is C22H23ClN2O4. The van der Waals surface area contributed by atoms with Gasteiger partial charge in [-0.3, -0.25) is 0 Å². The molecule has 0 aliphatic carbocycles. The molecule has 2 aromatic rings. The fraction of sp³-hybridized carbons (Fsp3) is 0.273. The molecule has 1 heterocycles. The Bertz CT molecular complexity index is 925. The minimum absolute atomic E-state index is 0.259. The van der Waals surface area contributed by atoms with Crippen molar-refractivity contribution >= 4 is 23.6 Å². The molecule has 1 aliphatic heterocycles. The second-order valence-electron chi connectivity index (χ2n) is 6.45. The van der Waals surface area contributed by atoms with Crippen molar-refractivity contribution in [2.75, 3.05) is 6.61 Å². The first-order valence-electron chi connectivity index (χ1n) is 9.47. The first-order valence-corrected chi connectivity index (χ1v) is 9.85. The van der Waals surface area contributed by atoms with Crippen molar-refractivity contribution in [3.63, 3.8) is 0 Å². The van der Waals surface area contributed by atoms with Crippen molar-refractivity contribution in [1.29, 1.82) is 0 Å². The summed E-state index contributed by atoms with van der Waals surface area (Å²) in [7, 11) is 0. The largest absolute Gasteiger partial charge is 0.489 e. The van der Waals surface area contributed by atoms with Crippen LogP contribution >= 0.6 is 11.6 Å². The smallest absolute Gasteiger partial charge is 0.338 e. The van der Waals surface area contributed by atoms with E-state index in [0.29, 0.717) is 35.1 Å². The average molecular weight is 415 g/mol. The number of carbonyl (C=O) groups is 2. The predicted molar refractivity (Wildman–Crippen MR) is 111 cm³/mol. The first kappa shape index (κ1) is 20.7. The second-order valence-corrected chi connectivity index (χ2v) is 6.85. The Balaban J connectivity index is 1.80. The topological polar surface area (TPSA) is 76.7 Å². The number of halogens is 1. The molecule has 3 rings (SSSR count). The van der Waals surface area contributed by atoms with Crippen molar-refractivity contribution in [2.24, 2.45) is 0 Å². The Labute approximate surface area is 174 Å².